The Morgan fingerprint density at radius 1 is 0.818 bits per heavy atom. The zero-order valence-corrected chi connectivity index (χ0v) is 32.8. The molecule has 286 valence electrons. The summed E-state index contributed by atoms with van der Waals surface area (Å²) >= 11 is 13.8. The van der Waals surface area contributed by atoms with Crippen LogP contribution in [0.2, 0.25) is 10.0 Å². The van der Waals surface area contributed by atoms with E-state index in [4.69, 9.17) is 28.2 Å². The lowest BCUT2D eigenvalue weighted by Crippen LogP contribution is -2.36. The van der Waals surface area contributed by atoms with Crippen LogP contribution in [0.15, 0.2) is 60.8 Å². The average Bonchev–Trinajstić information content (AvgIpc) is 3.77. The summed E-state index contributed by atoms with van der Waals surface area (Å²) in [5, 5.41) is 16.3. The molecule has 2 amide bonds. The number of anilines is 2. The Morgan fingerprint density at radius 3 is 2.13 bits per heavy atom. The molecule has 8 rings (SSSR count). The van der Waals surface area contributed by atoms with Crippen LogP contribution in [0.5, 0.6) is 0 Å². The third kappa shape index (κ3) is 7.37. The molecule has 0 saturated heterocycles. The fraction of sp³-hybridized carbons (Fsp3) is 0.419. The number of aromatic nitrogens is 2. The summed E-state index contributed by atoms with van der Waals surface area (Å²) in [4.78, 5) is 52.8. The second kappa shape index (κ2) is 15.0. The van der Waals surface area contributed by atoms with Gasteiger partial charge in [0.2, 0.25) is 0 Å². The number of pyridine rings is 2. The van der Waals surface area contributed by atoms with Crippen LogP contribution in [0.25, 0.3) is 11.1 Å². The van der Waals surface area contributed by atoms with E-state index in [1.807, 2.05) is 24.3 Å². The molecule has 12 heteroatoms. The first-order chi connectivity index (χ1) is 26.4. The van der Waals surface area contributed by atoms with Crippen LogP contribution >= 0.6 is 23.2 Å². The van der Waals surface area contributed by atoms with Crippen molar-refractivity contribution in [2.75, 3.05) is 30.3 Å². The molecule has 2 aliphatic carbocycles. The number of hydrogen-bond acceptors (Lipinski definition) is 7. The standard InChI is InChI=1S/C43H46Cl2N6O4/c1-26(2)51-19-11-27-21-36(46-22-29(27)24-51)40(53)49-34-8-4-6-31(38(34)45)30-5-3-7-33(37(30)44)48-39(52)35-10-9-28-23-50(18-12-32(28)47-35)20-17-42-13-15-43(25-42,16-14-42)41(54)55/h3-10,21-22,26H,11-20,23-25H2,1-2H3,(H,48,52)(H,49,53)(H,54,55). The normalized spacial score (nSPS) is 22.0. The Labute approximate surface area is 331 Å². The molecule has 2 fully saturated rings. The number of benzene rings is 2. The van der Waals surface area contributed by atoms with Crippen molar-refractivity contribution in [3.05, 3.63) is 105 Å². The molecule has 3 N–H and O–H groups in total. The molecule has 0 spiro atoms. The summed E-state index contributed by atoms with van der Waals surface area (Å²) in [7, 11) is 0. The van der Waals surface area contributed by atoms with E-state index in [0.29, 0.717) is 50.0 Å². The molecule has 4 aliphatic rings. The molecule has 4 aromatic rings. The van der Waals surface area contributed by atoms with Crippen molar-refractivity contribution in [2.45, 2.75) is 84.3 Å². The van der Waals surface area contributed by atoms with Crippen molar-refractivity contribution < 1.29 is 19.5 Å². The van der Waals surface area contributed by atoms with Gasteiger partial charge >= 0.3 is 5.97 Å². The highest BCUT2D eigenvalue weighted by Crippen LogP contribution is 2.63. The van der Waals surface area contributed by atoms with Crippen LogP contribution in [-0.2, 0) is 30.7 Å². The summed E-state index contributed by atoms with van der Waals surface area (Å²) in [5.74, 6) is -1.33. The van der Waals surface area contributed by atoms with E-state index in [1.165, 1.54) is 0 Å². The summed E-state index contributed by atoms with van der Waals surface area (Å²) in [6, 6.07) is 16.8. The van der Waals surface area contributed by atoms with Gasteiger partial charge in [-0.3, -0.25) is 29.2 Å². The third-order valence-corrected chi connectivity index (χ3v) is 13.4. The lowest BCUT2D eigenvalue weighted by molar-refractivity contribution is -0.148. The summed E-state index contributed by atoms with van der Waals surface area (Å²) in [5.41, 5.74) is 6.67. The van der Waals surface area contributed by atoms with Crippen molar-refractivity contribution >= 4 is 52.4 Å². The van der Waals surface area contributed by atoms with Gasteiger partial charge in [0.25, 0.3) is 11.8 Å². The van der Waals surface area contributed by atoms with Crippen LogP contribution in [0.3, 0.4) is 0 Å². The number of nitrogens with one attached hydrogen (secondary N) is 2. The van der Waals surface area contributed by atoms with Crippen molar-refractivity contribution in [2.24, 2.45) is 10.8 Å². The number of halogens is 2. The Bertz CT molecular complexity index is 2180. The fourth-order valence-electron chi connectivity index (χ4n) is 9.22. The molecule has 0 unspecified atom stereocenters. The monoisotopic (exact) mass is 780 g/mol. The molecule has 2 saturated carbocycles. The van der Waals surface area contributed by atoms with Gasteiger partial charge < -0.3 is 15.7 Å². The Hall–Kier alpha value is -4.35. The number of carboxylic acid groups (broad SMARTS) is 1. The first-order valence-corrected chi connectivity index (χ1v) is 20.0. The minimum absolute atomic E-state index is 0.165. The van der Waals surface area contributed by atoms with E-state index in [9.17, 15) is 19.5 Å². The van der Waals surface area contributed by atoms with Crippen molar-refractivity contribution in [3.8, 4) is 11.1 Å². The fourth-order valence-corrected chi connectivity index (χ4v) is 9.77. The highest BCUT2D eigenvalue weighted by molar-refractivity contribution is 6.40. The number of aliphatic carboxylic acids is 1. The molecule has 0 atom stereocenters. The van der Waals surface area contributed by atoms with Gasteiger partial charge in [0.1, 0.15) is 11.4 Å². The molecule has 10 nitrogen and oxygen atoms in total. The van der Waals surface area contributed by atoms with Crippen LogP contribution in [0, 0.1) is 10.8 Å². The maximum absolute atomic E-state index is 13.5. The number of rotatable bonds is 10. The van der Waals surface area contributed by atoms with Crippen molar-refractivity contribution in [1.29, 1.82) is 0 Å². The minimum atomic E-state index is -0.616. The van der Waals surface area contributed by atoms with Gasteiger partial charge in [-0.25, -0.2) is 4.98 Å². The smallest absolute Gasteiger partial charge is 0.309 e. The van der Waals surface area contributed by atoms with E-state index in [0.717, 1.165) is 106 Å². The Balaban J connectivity index is 0.912. The number of carboxylic acids is 1. The van der Waals surface area contributed by atoms with Gasteiger partial charge in [0.15, 0.2) is 0 Å². The maximum Gasteiger partial charge on any atom is 0.309 e. The number of nitrogens with zero attached hydrogens (tertiary/aromatic N) is 4. The highest BCUT2D eigenvalue weighted by Gasteiger charge is 2.57. The summed E-state index contributed by atoms with van der Waals surface area (Å²) in [6.07, 6.45) is 8.89. The van der Waals surface area contributed by atoms with Gasteiger partial charge in [-0.05, 0) is 112 Å². The molecule has 2 aromatic carbocycles. The topological polar surface area (TPSA) is 128 Å². The highest BCUT2D eigenvalue weighted by atomic mass is 35.5. The largest absolute Gasteiger partial charge is 0.481 e. The quantitative estimate of drug-likeness (QED) is 0.146. The molecular formula is C43H46Cl2N6O4. The van der Waals surface area contributed by atoms with E-state index < -0.39 is 11.4 Å². The lowest BCUT2D eigenvalue weighted by Gasteiger charge is -2.33. The van der Waals surface area contributed by atoms with Crippen LogP contribution < -0.4 is 10.6 Å². The van der Waals surface area contributed by atoms with Gasteiger partial charge in [0.05, 0.1) is 26.8 Å². The molecular weight excluding hydrogens is 735 g/mol. The Morgan fingerprint density at radius 2 is 1.49 bits per heavy atom. The number of fused-ring (bicyclic) bond motifs is 4. The van der Waals surface area contributed by atoms with E-state index in [-0.39, 0.29) is 17.2 Å². The van der Waals surface area contributed by atoms with Gasteiger partial charge in [-0.1, -0.05) is 53.5 Å². The number of amides is 2. The number of carbonyl (C=O) groups is 3. The number of carbonyl (C=O) groups excluding carboxylic acids is 2. The summed E-state index contributed by atoms with van der Waals surface area (Å²) in [6.45, 7) is 8.67. The van der Waals surface area contributed by atoms with Gasteiger partial charge in [-0.2, -0.15) is 0 Å². The van der Waals surface area contributed by atoms with Crippen LogP contribution in [0.1, 0.15) is 95.7 Å². The number of hydrogen-bond donors (Lipinski definition) is 3. The molecule has 2 bridgehead atoms. The van der Waals surface area contributed by atoms with Crippen LogP contribution in [-0.4, -0.2) is 68.3 Å². The molecule has 0 radical (unpaired) electrons. The predicted molar refractivity (Wildman–Crippen MR) is 215 cm³/mol. The SMILES string of the molecule is CC(C)N1CCc2cc(C(=O)Nc3cccc(-c4cccc(NC(=O)c5ccc6c(n5)CCN(CCC57CCC(C(=O)O)(CC5)C7)C6)c4Cl)c3Cl)ncc2C1. The van der Waals surface area contributed by atoms with Gasteiger partial charge in [0, 0.05) is 61.7 Å². The van der Waals surface area contributed by atoms with Gasteiger partial charge in [-0.15, -0.1) is 0 Å². The predicted octanol–water partition coefficient (Wildman–Crippen LogP) is 8.50. The van der Waals surface area contributed by atoms with Crippen LogP contribution in [0.4, 0.5) is 11.4 Å². The zero-order valence-electron chi connectivity index (χ0n) is 31.3. The van der Waals surface area contributed by atoms with E-state index >= 15 is 0 Å². The van der Waals surface area contributed by atoms with Crippen molar-refractivity contribution in [1.82, 2.24) is 19.8 Å². The van der Waals surface area contributed by atoms with E-state index in [1.54, 1.807) is 36.5 Å². The third-order valence-electron chi connectivity index (χ3n) is 12.6. The molecule has 2 aromatic heterocycles. The summed E-state index contributed by atoms with van der Waals surface area (Å²) < 4.78 is 0. The average molecular weight is 782 g/mol. The molecule has 55 heavy (non-hydrogen) atoms. The first kappa shape index (κ1) is 37.6. The van der Waals surface area contributed by atoms with E-state index in [2.05, 4.69) is 39.3 Å². The Kier molecular flexibility index (Phi) is 10.2. The second-order valence-electron chi connectivity index (χ2n) is 16.2. The van der Waals surface area contributed by atoms with Crippen molar-refractivity contribution in [3.63, 3.8) is 0 Å². The maximum atomic E-state index is 13.5. The first-order valence-electron chi connectivity index (χ1n) is 19.3. The minimum Gasteiger partial charge on any atom is -0.481 e. The second-order valence-corrected chi connectivity index (χ2v) is 17.0. The molecule has 2 aliphatic heterocycles. The lowest BCUT2D eigenvalue weighted by atomic mass is 9.80. The zero-order chi connectivity index (χ0) is 38.5. The molecule has 4 heterocycles.